The molecular formula is C14H16Cl2N2O3. The second-order valence-corrected chi connectivity index (χ2v) is 6.04. The van der Waals surface area contributed by atoms with Gasteiger partial charge in [0, 0.05) is 12.0 Å². The molecule has 1 saturated carbocycles. The zero-order chi connectivity index (χ0) is 15.6. The van der Waals surface area contributed by atoms with E-state index < -0.39 is 5.97 Å². The first-order chi connectivity index (χ1) is 9.88. The molecule has 0 radical (unpaired) electrons. The van der Waals surface area contributed by atoms with Crippen molar-refractivity contribution < 1.29 is 14.7 Å². The van der Waals surface area contributed by atoms with Crippen LogP contribution in [-0.4, -0.2) is 23.0 Å². The average Bonchev–Trinajstić information content (AvgIpc) is 2.43. The van der Waals surface area contributed by atoms with Gasteiger partial charge in [0.2, 0.25) is 5.91 Å². The van der Waals surface area contributed by atoms with Gasteiger partial charge in [0.1, 0.15) is 0 Å². The highest BCUT2D eigenvalue weighted by atomic mass is 35.5. The monoisotopic (exact) mass is 330 g/mol. The van der Waals surface area contributed by atoms with Gasteiger partial charge < -0.3 is 16.2 Å². The summed E-state index contributed by atoms with van der Waals surface area (Å²) in [6.07, 6.45) is 3.10. The fourth-order valence-corrected chi connectivity index (χ4v) is 3.00. The van der Waals surface area contributed by atoms with Crippen LogP contribution in [0.2, 0.25) is 10.0 Å². The molecular weight excluding hydrogens is 315 g/mol. The first kappa shape index (κ1) is 16.1. The van der Waals surface area contributed by atoms with E-state index in [0.29, 0.717) is 0 Å². The molecule has 5 nitrogen and oxygen atoms in total. The van der Waals surface area contributed by atoms with Gasteiger partial charge in [0.15, 0.2) is 0 Å². The van der Waals surface area contributed by atoms with Crippen LogP contribution in [-0.2, 0) is 4.79 Å². The Balaban J connectivity index is 2.12. The van der Waals surface area contributed by atoms with E-state index in [1.54, 1.807) is 0 Å². The number of anilines is 1. The molecule has 1 aromatic carbocycles. The Labute approximate surface area is 132 Å². The van der Waals surface area contributed by atoms with Crippen molar-refractivity contribution in [2.24, 2.45) is 11.7 Å². The van der Waals surface area contributed by atoms with Crippen LogP contribution in [0.1, 0.15) is 36.0 Å². The summed E-state index contributed by atoms with van der Waals surface area (Å²) in [4.78, 5) is 23.1. The number of halogens is 2. The molecule has 114 valence electrons. The van der Waals surface area contributed by atoms with Gasteiger partial charge in [-0.25, -0.2) is 4.79 Å². The molecule has 2 rings (SSSR count). The Morgan fingerprint density at radius 2 is 1.67 bits per heavy atom. The van der Waals surface area contributed by atoms with Crippen LogP contribution in [0, 0.1) is 5.92 Å². The maximum absolute atomic E-state index is 12.2. The number of nitrogens with one attached hydrogen (secondary N) is 1. The minimum absolute atomic E-state index is 0.0216. The molecule has 0 unspecified atom stereocenters. The topological polar surface area (TPSA) is 92.4 Å². The van der Waals surface area contributed by atoms with E-state index in [4.69, 9.17) is 34.0 Å². The summed E-state index contributed by atoms with van der Waals surface area (Å²) in [5, 5.41) is 11.8. The highest BCUT2D eigenvalue weighted by Gasteiger charge is 2.25. The Hall–Kier alpha value is -1.30. The first-order valence-corrected chi connectivity index (χ1v) is 7.43. The highest BCUT2D eigenvalue weighted by molar-refractivity contribution is 6.40. The smallest absolute Gasteiger partial charge is 0.335 e. The Kier molecular flexibility index (Phi) is 5.08. The molecule has 0 bridgehead atoms. The lowest BCUT2D eigenvalue weighted by atomic mass is 9.86. The quantitative estimate of drug-likeness (QED) is 0.793. The molecule has 1 aliphatic carbocycles. The van der Waals surface area contributed by atoms with Crippen molar-refractivity contribution in [1.82, 2.24) is 0 Å². The molecule has 7 heteroatoms. The van der Waals surface area contributed by atoms with Crippen molar-refractivity contribution >= 4 is 40.8 Å². The van der Waals surface area contributed by atoms with Gasteiger partial charge in [-0.2, -0.15) is 0 Å². The molecule has 4 N–H and O–H groups in total. The number of carbonyl (C=O) groups excluding carboxylic acids is 1. The number of carboxylic acid groups (broad SMARTS) is 1. The molecule has 1 aromatic rings. The standard InChI is InChI=1S/C14H16Cl2N2O3/c15-10-5-8(14(20)21)6-11(16)12(10)18-13(19)7-1-3-9(17)4-2-7/h5-7,9H,1-4,17H2,(H,18,19)(H,20,21). The van der Waals surface area contributed by atoms with Crippen molar-refractivity contribution in [3.05, 3.63) is 27.7 Å². The Bertz CT molecular complexity index is 546. The molecule has 0 aromatic heterocycles. The number of carbonyl (C=O) groups is 2. The highest BCUT2D eigenvalue weighted by Crippen LogP contribution is 2.33. The summed E-state index contributed by atoms with van der Waals surface area (Å²) >= 11 is 12.0. The van der Waals surface area contributed by atoms with Crippen molar-refractivity contribution in [3.63, 3.8) is 0 Å². The van der Waals surface area contributed by atoms with E-state index in [1.807, 2.05) is 0 Å². The SMILES string of the molecule is NC1CCC(C(=O)Nc2c(Cl)cc(C(=O)O)cc2Cl)CC1. The lowest BCUT2D eigenvalue weighted by Crippen LogP contribution is -2.32. The van der Waals surface area contributed by atoms with Crippen LogP contribution < -0.4 is 11.1 Å². The van der Waals surface area contributed by atoms with Gasteiger partial charge in [-0.3, -0.25) is 4.79 Å². The summed E-state index contributed by atoms with van der Waals surface area (Å²) in [7, 11) is 0. The van der Waals surface area contributed by atoms with Gasteiger partial charge >= 0.3 is 5.97 Å². The van der Waals surface area contributed by atoms with Gasteiger partial charge in [-0.05, 0) is 37.8 Å². The predicted molar refractivity (Wildman–Crippen MR) is 82.0 cm³/mol. The third-order valence-corrected chi connectivity index (χ3v) is 4.28. The van der Waals surface area contributed by atoms with E-state index in [2.05, 4.69) is 5.32 Å². The van der Waals surface area contributed by atoms with Crippen LogP contribution in [0.5, 0.6) is 0 Å². The Morgan fingerprint density at radius 3 is 2.14 bits per heavy atom. The normalized spacial score (nSPS) is 21.9. The molecule has 21 heavy (non-hydrogen) atoms. The van der Waals surface area contributed by atoms with Crippen LogP contribution in [0.15, 0.2) is 12.1 Å². The molecule has 0 heterocycles. The lowest BCUT2D eigenvalue weighted by molar-refractivity contribution is -0.120. The van der Waals surface area contributed by atoms with Crippen LogP contribution in [0.25, 0.3) is 0 Å². The number of hydrogen-bond donors (Lipinski definition) is 3. The minimum atomic E-state index is -1.13. The number of hydrogen-bond acceptors (Lipinski definition) is 3. The van der Waals surface area contributed by atoms with E-state index in [0.717, 1.165) is 25.7 Å². The van der Waals surface area contributed by atoms with Crippen LogP contribution in [0.4, 0.5) is 5.69 Å². The zero-order valence-electron chi connectivity index (χ0n) is 11.2. The second-order valence-electron chi connectivity index (χ2n) is 5.22. The second kappa shape index (κ2) is 6.64. The Morgan fingerprint density at radius 1 is 1.14 bits per heavy atom. The van der Waals surface area contributed by atoms with E-state index >= 15 is 0 Å². The molecule has 1 fully saturated rings. The van der Waals surface area contributed by atoms with Crippen molar-refractivity contribution in [2.75, 3.05) is 5.32 Å². The predicted octanol–water partition coefficient (Wildman–Crippen LogP) is 3.15. The average molecular weight is 331 g/mol. The largest absolute Gasteiger partial charge is 0.478 e. The first-order valence-electron chi connectivity index (χ1n) is 6.67. The third-order valence-electron chi connectivity index (χ3n) is 3.68. The molecule has 0 atom stereocenters. The zero-order valence-corrected chi connectivity index (χ0v) is 12.7. The minimum Gasteiger partial charge on any atom is -0.478 e. The maximum atomic E-state index is 12.2. The number of carboxylic acids is 1. The molecule has 0 aliphatic heterocycles. The number of nitrogens with two attached hydrogens (primary N) is 1. The molecule has 1 aliphatic rings. The van der Waals surface area contributed by atoms with Crippen LogP contribution >= 0.6 is 23.2 Å². The molecule has 1 amide bonds. The number of benzene rings is 1. The maximum Gasteiger partial charge on any atom is 0.335 e. The third kappa shape index (κ3) is 3.87. The number of rotatable bonds is 3. The summed E-state index contributed by atoms with van der Waals surface area (Å²) in [5.41, 5.74) is 6.04. The van der Waals surface area contributed by atoms with Crippen molar-refractivity contribution in [1.29, 1.82) is 0 Å². The summed E-state index contributed by atoms with van der Waals surface area (Å²) in [5.74, 6) is -1.40. The molecule has 0 spiro atoms. The van der Waals surface area contributed by atoms with E-state index in [-0.39, 0.29) is 39.2 Å². The van der Waals surface area contributed by atoms with Gasteiger partial charge in [-0.1, -0.05) is 23.2 Å². The van der Waals surface area contributed by atoms with E-state index in [1.165, 1.54) is 12.1 Å². The van der Waals surface area contributed by atoms with Crippen molar-refractivity contribution in [3.8, 4) is 0 Å². The summed E-state index contributed by atoms with van der Waals surface area (Å²) in [6, 6.07) is 2.70. The van der Waals surface area contributed by atoms with Gasteiger partial charge in [0.25, 0.3) is 0 Å². The van der Waals surface area contributed by atoms with Gasteiger partial charge in [0.05, 0.1) is 21.3 Å². The summed E-state index contributed by atoms with van der Waals surface area (Å²) < 4.78 is 0. The fraction of sp³-hybridized carbons (Fsp3) is 0.429. The number of aromatic carboxylic acids is 1. The summed E-state index contributed by atoms with van der Waals surface area (Å²) in [6.45, 7) is 0. The van der Waals surface area contributed by atoms with Gasteiger partial charge in [-0.15, -0.1) is 0 Å². The van der Waals surface area contributed by atoms with E-state index in [9.17, 15) is 9.59 Å². The fourth-order valence-electron chi connectivity index (χ4n) is 2.42. The number of amides is 1. The van der Waals surface area contributed by atoms with Crippen LogP contribution in [0.3, 0.4) is 0 Å². The molecule has 0 saturated heterocycles. The lowest BCUT2D eigenvalue weighted by Gasteiger charge is -2.25. The van der Waals surface area contributed by atoms with Crippen molar-refractivity contribution in [2.45, 2.75) is 31.7 Å².